The first kappa shape index (κ1) is 9.26. The number of rotatable bonds is 1. The minimum absolute atomic E-state index is 1.23. The van der Waals surface area contributed by atoms with Crippen molar-refractivity contribution < 1.29 is 0 Å². The van der Waals surface area contributed by atoms with Crippen molar-refractivity contribution in [2.75, 3.05) is 0 Å². The van der Waals surface area contributed by atoms with Gasteiger partial charge in [-0.2, -0.15) is 0 Å². The Kier molecular flexibility index (Phi) is 2.53. The molecule has 0 radical (unpaired) electrons. The number of hydrogen-bond donors (Lipinski definition) is 0. The maximum atomic E-state index is 3.81. The van der Waals surface area contributed by atoms with Gasteiger partial charge in [-0.15, -0.1) is 0 Å². The van der Waals surface area contributed by atoms with Crippen LogP contribution in [0.2, 0.25) is 0 Å². The van der Waals surface area contributed by atoms with Crippen LogP contribution < -0.4 is 0 Å². The van der Waals surface area contributed by atoms with E-state index < -0.39 is 0 Å². The quantitative estimate of drug-likeness (QED) is 0.617. The van der Waals surface area contributed by atoms with Crippen molar-refractivity contribution in [1.29, 1.82) is 0 Å². The van der Waals surface area contributed by atoms with Gasteiger partial charge in [-0.25, -0.2) is 0 Å². The van der Waals surface area contributed by atoms with E-state index >= 15 is 0 Å². The zero-order valence-corrected chi connectivity index (χ0v) is 8.72. The molecule has 0 fully saturated rings. The highest BCUT2D eigenvalue weighted by Crippen LogP contribution is 2.31. The molecule has 0 saturated heterocycles. The highest BCUT2D eigenvalue weighted by Gasteiger charge is 2.12. The summed E-state index contributed by atoms with van der Waals surface area (Å²) in [4.78, 5) is 0. The van der Waals surface area contributed by atoms with Gasteiger partial charge in [0.1, 0.15) is 0 Å². The summed E-state index contributed by atoms with van der Waals surface area (Å²) < 4.78 is 0. The fourth-order valence-corrected chi connectivity index (χ4v) is 2.14. The number of hydrogen-bond acceptors (Lipinski definition) is 0. The average molecular weight is 184 g/mol. The molecule has 0 aliphatic heterocycles. The molecular formula is C14H16. The Labute approximate surface area is 86.0 Å². The number of benzene rings is 1. The molecule has 1 aliphatic rings. The molecule has 14 heavy (non-hydrogen) atoms. The van der Waals surface area contributed by atoms with Crippen molar-refractivity contribution >= 4 is 11.6 Å². The van der Waals surface area contributed by atoms with E-state index in [1.54, 1.807) is 0 Å². The van der Waals surface area contributed by atoms with E-state index in [-0.39, 0.29) is 0 Å². The predicted octanol–water partition coefficient (Wildman–Crippen LogP) is 4.07. The molecule has 0 heteroatoms. The van der Waals surface area contributed by atoms with Crippen molar-refractivity contribution in [2.24, 2.45) is 0 Å². The van der Waals surface area contributed by atoms with Gasteiger partial charge in [-0.1, -0.05) is 30.9 Å². The SMILES string of the molecule is C=Cc1ccc2c(c1)/C(=C/C)CCC2. The first-order chi connectivity index (χ1) is 6.85. The normalized spacial score (nSPS) is 17.9. The van der Waals surface area contributed by atoms with Gasteiger partial charge in [-0.3, -0.25) is 0 Å². The van der Waals surface area contributed by atoms with Crippen molar-refractivity contribution in [1.82, 2.24) is 0 Å². The van der Waals surface area contributed by atoms with Crippen LogP contribution in [0.1, 0.15) is 36.5 Å². The van der Waals surface area contributed by atoms with Crippen LogP contribution in [0.4, 0.5) is 0 Å². The molecule has 72 valence electrons. The summed E-state index contributed by atoms with van der Waals surface area (Å²) in [5.74, 6) is 0. The van der Waals surface area contributed by atoms with Gasteiger partial charge in [0.2, 0.25) is 0 Å². The van der Waals surface area contributed by atoms with Gasteiger partial charge < -0.3 is 0 Å². The Balaban J connectivity index is 2.54. The second-order valence-electron chi connectivity index (χ2n) is 3.79. The lowest BCUT2D eigenvalue weighted by Crippen LogP contribution is -2.01. The molecule has 0 heterocycles. The molecule has 1 aromatic rings. The fourth-order valence-electron chi connectivity index (χ4n) is 2.14. The summed E-state index contributed by atoms with van der Waals surface area (Å²) in [7, 11) is 0. The van der Waals surface area contributed by atoms with Crippen molar-refractivity contribution in [3.05, 3.63) is 47.5 Å². The largest absolute Gasteiger partial charge is 0.0985 e. The highest BCUT2D eigenvalue weighted by molar-refractivity contribution is 5.72. The Bertz CT molecular complexity index is 383. The molecule has 0 saturated carbocycles. The summed E-state index contributed by atoms with van der Waals surface area (Å²) in [5.41, 5.74) is 5.66. The molecule has 0 aromatic heterocycles. The summed E-state index contributed by atoms with van der Waals surface area (Å²) in [6.07, 6.45) is 7.90. The molecule has 0 amide bonds. The van der Waals surface area contributed by atoms with Crippen LogP contribution in [0.25, 0.3) is 11.6 Å². The van der Waals surface area contributed by atoms with E-state index in [1.165, 1.54) is 41.5 Å². The molecule has 0 unspecified atom stereocenters. The first-order valence-corrected chi connectivity index (χ1v) is 5.26. The number of fused-ring (bicyclic) bond motifs is 1. The first-order valence-electron chi connectivity index (χ1n) is 5.26. The van der Waals surface area contributed by atoms with Crippen LogP contribution in [0, 0.1) is 0 Å². The second-order valence-corrected chi connectivity index (χ2v) is 3.79. The van der Waals surface area contributed by atoms with Crippen molar-refractivity contribution in [2.45, 2.75) is 26.2 Å². The third-order valence-electron chi connectivity index (χ3n) is 2.96. The third kappa shape index (κ3) is 1.52. The molecule has 0 nitrogen and oxygen atoms in total. The molecule has 0 atom stereocenters. The van der Waals surface area contributed by atoms with Crippen LogP contribution in [-0.2, 0) is 6.42 Å². The monoisotopic (exact) mass is 184 g/mol. The highest BCUT2D eigenvalue weighted by atomic mass is 14.2. The van der Waals surface area contributed by atoms with E-state index in [2.05, 4.69) is 37.8 Å². The number of aryl methyl sites for hydroxylation is 1. The Morgan fingerprint density at radius 1 is 1.29 bits per heavy atom. The lowest BCUT2D eigenvalue weighted by atomic mass is 9.86. The van der Waals surface area contributed by atoms with E-state index in [1.807, 2.05) is 6.08 Å². The zero-order valence-electron chi connectivity index (χ0n) is 8.72. The van der Waals surface area contributed by atoms with E-state index in [4.69, 9.17) is 0 Å². The molecule has 2 rings (SSSR count). The molecule has 1 aromatic carbocycles. The molecule has 0 N–H and O–H groups in total. The van der Waals surface area contributed by atoms with Crippen LogP contribution >= 0.6 is 0 Å². The van der Waals surface area contributed by atoms with E-state index in [0.29, 0.717) is 0 Å². The maximum absolute atomic E-state index is 3.81. The van der Waals surface area contributed by atoms with Gasteiger partial charge in [0.15, 0.2) is 0 Å². The van der Waals surface area contributed by atoms with Crippen LogP contribution in [0.15, 0.2) is 30.9 Å². The van der Waals surface area contributed by atoms with Gasteiger partial charge in [0.25, 0.3) is 0 Å². The molecule has 1 aliphatic carbocycles. The lowest BCUT2D eigenvalue weighted by molar-refractivity contribution is 0.821. The smallest absolute Gasteiger partial charge is 0.0190 e. The second kappa shape index (κ2) is 3.83. The summed E-state index contributed by atoms with van der Waals surface area (Å²) >= 11 is 0. The Morgan fingerprint density at radius 2 is 2.14 bits per heavy atom. The van der Waals surface area contributed by atoms with Crippen LogP contribution in [0.3, 0.4) is 0 Å². The van der Waals surface area contributed by atoms with Gasteiger partial charge in [0, 0.05) is 0 Å². The van der Waals surface area contributed by atoms with E-state index in [9.17, 15) is 0 Å². The fraction of sp³-hybridized carbons (Fsp3) is 0.286. The predicted molar refractivity (Wildman–Crippen MR) is 63.1 cm³/mol. The molecular weight excluding hydrogens is 168 g/mol. The standard InChI is InChI=1S/C14H16/c1-3-11-8-9-13-7-5-6-12(4-2)14(13)10-11/h3-4,8-10H,1,5-7H2,2H3/b12-4+. The minimum Gasteiger partial charge on any atom is -0.0985 e. The van der Waals surface area contributed by atoms with Crippen molar-refractivity contribution in [3.63, 3.8) is 0 Å². The van der Waals surface area contributed by atoms with Gasteiger partial charge in [-0.05, 0) is 54.5 Å². The topological polar surface area (TPSA) is 0 Å². The summed E-state index contributed by atoms with van der Waals surface area (Å²) in [6.45, 7) is 5.94. The Hall–Kier alpha value is -1.30. The number of allylic oxidation sites excluding steroid dienone is 2. The summed E-state index contributed by atoms with van der Waals surface area (Å²) in [6, 6.07) is 6.66. The van der Waals surface area contributed by atoms with Crippen molar-refractivity contribution in [3.8, 4) is 0 Å². The Morgan fingerprint density at radius 3 is 2.86 bits per heavy atom. The third-order valence-corrected chi connectivity index (χ3v) is 2.96. The molecule has 0 bridgehead atoms. The van der Waals surface area contributed by atoms with Crippen LogP contribution in [-0.4, -0.2) is 0 Å². The molecule has 0 spiro atoms. The summed E-state index contributed by atoms with van der Waals surface area (Å²) in [5, 5.41) is 0. The minimum atomic E-state index is 1.23. The van der Waals surface area contributed by atoms with Gasteiger partial charge in [0.05, 0.1) is 0 Å². The lowest BCUT2D eigenvalue weighted by Gasteiger charge is -2.19. The van der Waals surface area contributed by atoms with E-state index in [0.717, 1.165) is 0 Å². The van der Waals surface area contributed by atoms with Gasteiger partial charge >= 0.3 is 0 Å². The van der Waals surface area contributed by atoms with Crippen LogP contribution in [0.5, 0.6) is 0 Å². The zero-order chi connectivity index (χ0) is 9.97. The maximum Gasteiger partial charge on any atom is -0.0190 e. The average Bonchev–Trinajstić information content (AvgIpc) is 2.27.